The molecule has 2 aromatic carbocycles. The second-order valence-corrected chi connectivity index (χ2v) is 7.60. The third kappa shape index (κ3) is 8.12. The minimum absolute atomic E-state index is 0.0657. The molecule has 0 atom stereocenters. The van der Waals surface area contributed by atoms with Gasteiger partial charge in [0.25, 0.3) is 0 Å². The van der Waals surface area contributed by atoms with Crippen LogP contribution in [0.1, 0.15) is 34.6 Å². The fourth-order valence-electron chi connectivity index (χ4n) is 2.78. The average Bonchev–Trinajstić information content (AvgIpc) is 2.87. The van der Waals surface area contributed by atoms with E-state index in [4.69, 9.17) is 23.7 Å². The van der Waals surface area contributed by atoms with Crippen molar-refractivity contribution >= 4 is 23.9 Å². The van der Waals surface area contributed by atoms with Crippen LogP contribution < -0.4 is 4.74 Å². The fraction of sp³-hybridized carbons (Fsp3) is 0.259. The van der Waals surface area contributed by atoms with Gasteiger partial charge < -0.3 is 23.7 Å². The van der Waals surface area contributed by atoms with Crippen molar-refractivity contribution in [2.45, 2.75) is 13.8 Å². The lowest BCUT2D eigenvalue weighted by atomic mass is 10.0. The highest BCUT2D eigenvalue weighted by atomic mass is 16.6. The van der Waals surface area contributed by atoms with Gasteiger partial charge in [0, 0.05) is 11.1 Å². The summed E-state index contributed by atoms with van der Waals surface area (Å²) in [5.41, 5.74) is 2.56. The first-order chi connectivity index (χ1) is 17.1. The highest BCUT2D eigenvalue weighted by Crippen LogP contribution is 2.28. The molecular formula is C27H28O9. The number of hydrogen-bond acceptors (Lipinski definition) is 9. The summed E-state index contributed by atoms with van der Waals surface area (Å²) in [6.45, 7) is 9.64. The second kappa shape index (κ2) is 13.5. The first kappa shape index (κ1) is 27.8. The summed E-state index contributed by atoms with van der Waals surface area (Å²) in [5, 5.41) is 0. The van der Waals surface area contributed by atoms with Crippen LogP contribution in [0, 0.1) is 0 Å². The molecule has 0 aromatic heterocycles. The van der Waals surface area contributed by atoms with Crippen molar-refractivity contribution in [3.8, 4) is 16.9 Å². The monoisotopic (exact) mass is 496 g/mol. The molecule has 0 aliphatic rings. The molecule has 2 rings (SSSR count). The third-order valence-electron chi connectivity index (χ3n) is 4.67. The van der Waals surface area contributed by atoms with Crippen molar-refractivity contribution in [3.05, 3.63) is 77.9 Å². The average molecular weight is 497 g/mol. The maximum absolute atomic E-state index is 12.4. The summed E-state index contributed by atoms with van der Waals surface area (Å²) in [5.74, 6) is -2.00. The van der Waals surface area contributed by atoms with Gasteiger partial charge in [-0.2, -0.15) is 0 Å². The predicted octanol–water partition coefficient (Wildman–Crippen LogP) is 3.91. The predicted molar refractivity (Wildman–Crippen MR) is 131 cm³/mol. The third-order valence-corrected chi connectivity index (χ3v) is 4.67. The highest BCUT2D eigenvalue weighted by Gasteiger charge is 2.16. The Morgan fingerprint density at radius 2 is 1.14 bits per heavy atom. The Bertz CT molecular complexity index is 1150. The van der Waals surface area contributed by atoms with Crippen molar-refractivity contribution in [2.75, 3.05) is 33.5 Å². The molecule has 0 amide bonds. The molecule has 36 heavy (non-hydrogen) atoms. The molecule has 0 radical (unpaired) electrons. The number of esters is 4. The quantitative estimate of drug-likeness (QED) is 0.187. The van der Waals surface area contributed by atoms with Gasteiger partial charge in [-0.15, -0.1) is 0 Å². The number of methoxy groups -OCH3 is 1. The number of benzene rings is 2. The Kier molecular flexibility index (Phi) is 10.4. The lowest BCUT2D eigenvalue weighted by molar-refractivity contribution is -0.140. The summed E-state index contributed by atoms with van der Waals surface area (Å²) in [4.78, 5) is 47.3. The molecule has 9 nitrogen and oxygen atoms in total. The summed E-state index contributed by atoms with van der Waals surface area (Å²) in [7, 11) is 1.43. The van der Waals surface area contributed by atoms with E-state index in [2.05, 4.69) is 13.2 Å². The molecule has 9 heteroatoms. The zero-order valence-corrected chi connectivity index (χ0v) is 20.5. The first-order valence-electron chi connectivity index (χ1n) is 10.9. The minimum atomic E-state index is -0.628. The van der Waals surface area contributed by atoms with Crippen molar-refractivity contribution in [2.24, 2.45) is 0 Å². The fourth-order valence-corrected chi connectivity index (χ4v) is 2.78. The zero-order chi connectivity index (χ0) is 26.7. The van der Waals surface area contributed by atoms with E-state index in [1.54, 1.807) is 42.5 Å². The number of hydrogen-bond donors (Lipinski definition) is 0. The van der Waals surface area contributed by atoms with Gasteiger partial charge in [-0.3, -0.25) is 0 Å². The molecule has 0 heterocycles. The SMILES string of the molecule is C=C(C)C(=O)OCCOC(=O)c1ccc(-c2ccc(C(=O)OCCOC(=O)C(=C)C)c(OC)c2)cc1. The Morgan fingerprint density at radius 3 is 1.64 bits per heavy atom. The lowest BCUT2D eigenvalue weighted by Crippen LogP contribution is -2.14. The van der Waals surface area contributed by atoms with Crippen LogP contribution in [0.5, 0.6) is 5.75 Å². The number of rotatable bonds is 12. The van der Waals surface area contributed by atoms with Crippen LogP contribution in [-0.4, -0.2) is 57.4 Å². The maximum Gasteiger partial charge on any atom is 0.342 e. The largest absolute Gasteiger partial charge is 0.496 e. The molecule has 0 aliphatic carbocycles. The number of carbonyl (C=O) groups excluding carboxylic acids is 4. The molecule has 0 N–H and O–H groups in total. The van der Waals surface area contributed by atoms with Gasteiger partial charge in [0.2, 0.25) is 0 Å². The topological polar surface area (TPSA) is 114 Å². The standard InChI is InChI=1S/C27H28O9/c1-17(2)24(28)33-12-14-35-26(30)20-8-6-19(7-9-20)21-10-11-22(23(16-21)32-5)27(31)36-15-13-34-25(29)18(3)4/h6-11,16H,1,3,12-15H2,2,4-5H3. The smallest absolute Gasteiger partial charge is 0.342 e. The first-order valence-corrected chi connectivity index (χ1v) is 10.9. The number of carbonyl (C=O) groups is 4. The van der Waals surface area contributed by atoms with Crippen LogP contribution >= 0.6 is 0 Å². The Labute approximate surface area is 209 Å². The van der Waals surface area contributed by atoms with Gasteiger partial charge in [-0.05, 0) is 49.2 Å². The molecule has 0 saturated carbocycles. The summed E-state index contributed by atoms with van der Waals surface area (Å²) in [6.07, 6.45) is 0. The van der Waals surface area contributed by atoms with Crippen molar-refractivity contribution < 1.29 is 42.9 Å². The van der Waals surface area contributed by atoms with Crippen LogP contribution in [0.2, 0.25) is 0 Å². The minimum Gasteiger partial charge on any atom is -0.496 e. The molecule has 2 aromatic rings. The zero-order valence-electron chi connectivity index (χ0n) is 20.5. The maximum atomic E-state index is 12.4. The molecular weight excluding hydrogens is 468 g/mol. The molecule has 0 spiro atoms. The van der Waals surface area contributed by atoms with E-state index in [1.807, 2.05) is 0 Å². The highest BCUT2D eigenvalue weighted by molar-refractivity contribution is 5.94. The van der Waals surface area contributed by atoms with E-state index in [0.717, 1.165) is 11.1 Å². The van der Waals surface area contributed by atoms with Crippen LogP contribution in [0.3, 0.4) is 0 Å². The van der Waals surface area contributed by atoms with Gasteiger partial charge in [-0.25, -0.2) is 19.2 Å². The van der Waals surface area contributed by atoms with Gasteiger partial charge in [-0.1, -0.05) is 31.4 Å². The Hall–Kier alpha value is -4.40. The van der Waals surface area contributed by atoms with Crippen LogP contribution in [0.4, 0.5) is 0 Å². The Balaban J connectivity index is 1.96. The Morgan fingerprint density at radius 1 is 0.667 bits per heavy atom. The van der Waals surface area contributed by atoms with Gasteiger partial charge in [0.15, 0.2) is 0 Å². The number of ether oxygens (including phenoxy) is 5. The summed E-state index contributed by atoms with van der Waals surface area (Å²) < 4.78 is 25.4. The molecule has 0 unspecified atom stereocenters. The van der Waals surface area contributed by atoms with Gasteiger partial charge >= 0.3 is 23.9 Å². The second-order valence-electron chi connectivity index (χ2n) is 7.60. The van der Waals surface area contributed by atoms with Crippen molar-refractivity contribution in [3.63, 3.8) is 0 Å². The molecule has 0 aliphatic heterocycles. The van der Waals surface area contributed by atoms with Crippen LogP contribution in [0.15, 0.2) is 66.8 Å². The molecule has 0 fully saturated rings. The van der Waals surface area contributed by atoms with E-state index in [-0.39, 0.29) is 43.1 Å². The lowest BCUT2D eigenvalue weighted by Gasteiger charge is -2.11. The van der Waals surface area contributed by atoms with E-state index >= 15 is 0 Å². The molecule has 0 bridgehead atoms. The van der Waals surface area contributed by atoms with Crippen molar-refractivity contribution in [1.29, 1.82) is 0 Å². The summed E-state index contributed by atoms with van der Waals surface area (Å²) in [6, 6.07) is 11.6. The van der Waals surface area contributed by atoms with Gasteiger partial charge in [0.1, 0.15) is 37.7 Å². The van der Waals surface area contributed by atoms with E-state index < -0.39 is 23.9 Å². The normalized spacial score (nSPS) is 10.1. The molecule has 0 saturated heterocycles. The van der Waals surface area contributed by atoms with E-state index in [0.29, 0.717) is 11.3 Å². The van der Waals surface area contributed by atoms with Gasteiger partial charge in [0.05, 0.1) is 12.7 Å². The molecule has 190 valence electrons. The van der Waals surface area contributed by atoms with Crippen molar-refractivity contribution in [1.82, 2.24) is 0 Å². The van der Waals surface area contributed by atoms with E-state index in [1.165, 1.54) is 21.0 Å². The van der Waals surface area contributed by atoms with Crippen LogP contribution in [0.25, 0.3) is 11.1 Å². The van der Waals surface area contributed by atoms with E-state index in [9.17, 15) is 19.2 Å². The van der Waals surface area contributed by atoms with Crippen LogP contribution in [-0.2, 0) is 28.5 Å². The summed E-state index contributed by atoms with van der Waals surface area (Å²) >= 11 is 0.